The van der Waals surface area contributed by atoms with Crippen LogP contribution in [0.25, 0.3) is 0 Å². The van der Waals surface area contributed by atoms with Gasteiger partial charge < -0.3 is 19.5 Å². The van der Waals surface area contributed by atoms with Crippen LogP contribution < -0.4 is 14.8 Å². The molecule has 29 heavy (non-hydrogen) atoms. The second-order valence-corrected chi connectivity index (χ2v) is 8.86. The van der Waals surface area contributed by atoms with Crippen LogP contribution in [0.4, 0.5) is 0 Å². The number of benzene rings is 2. The molecule has 9 heteroatoms. The number of carbonyl (C=O) groups is 2. The van der Waals surface area contributed by atoms with Crippen molar-refractivity contribution in [1.29, 1.82) is 0 Å². The van der Waals surface area contributed by atoms with Gasteiger partial charge in [0.25, 0.3) is 5.91 Å². The maximum absolute atomic E-state index is 12.2. The van der Waals surface area contributed by atoms with Crippen molar-refractivity contribution >= 4 is 21.7 Å². The molecular formula is C20H21NO7S. The fourth-order valence-corrected chi connectivity index (χ4v) is 3.50. The number of sulfone groups is 1. The van der Waals surface area contributed by atoms with Crippen LogP contribution in [-0.4, -0.2) is 39.4 Å². The zero-order valence-electron chi connectivity index (χ0n) is 16.0. The maximum Gasteiger partial charge on any atom is 0.338 e. The number of rotatable bonds is 7. The second-order valence-electron chi connectivity index (χ2n) is 6.72. The molecule has 0 saturated carbocycles. The third-order valence-corrected chi connectivity index (χ3v) is 5.03. The summed E-state index contributed by atoms with van der Waals surface area (Å²) in [6.45, 7) is 1.90. The number of hydrogen-bond donors (Lipinski definition) is 1. The van der Waals surface area contributed by atoms with E-state index in [-0.39, 0.29) is 24.7 Å². The van der Waals surface area contributed by atoms with Crippen LogP contribution in [-0.2, 0) is 31.7 Å². The highest BCUT2D eigenvalue weighted by Crippen LogP contribution is 2.32. The Morgan fingerprint density at radius 3 is 2.41 bits per heavy atom. The lowest BCUT2D eigenvalue weighted by molar-refractivity contribution is -0.129. The first-order valence-electron chi connectivity index (χ1n) is 8.85. The predicted molar refractivity (Wildman–Crippen MR) is 104 cm³/mol. The van der Waals surface area contributed by atoms with E-state index in [1.807, 2.05) is 6.07 Å². The normalized spacial score (nSPS) is 13.6. The van der Waals surface area contributed by atoms with Crippen molar-refractivity contribution in [1.82, 2.24) is 5.32 Å². The van der Waals surface area contributed by atoms with Crippen LogP contribution in [0.3, 0.4) is 0 Å². The van der Waals surface area contributed by atoms with E-state index in [2.05, 4.69) is 5.32 Å². The average Bonchev–Trinajstić information content (AvgIpc) is 3.13. The molecule has 3 rings (SSSR count). The second kappa shape index (κ2) is 8.52. The molecule has 1 atom stereocenters. The third kappa shape index (κ3) is 5.71. The first-order valence-corrected chi connectivity index (χ1v) is 10.9. The van der Waals surface area contributed by atoms with Gasteiger partial charge in [0.05, 0.1) is 11.3 Å². The molecule has 0 fully saturated rings. The summed E-state index contributed by atoms with van der Waals surface area (Å²) in [5, 5.41) is 2.70. The van der Waals surface area contributed by atoms with Gasteiger partial charge in [-0.15, -0.1) is 0 Å². The molecule has 0 radical (unpaired) electrons. The minimum Gasteiger partial charge on any atom is -0.454 e. The summed E-state index contributed by atoms with van der Waals surface area (Å²) in [7, 11) is -3.16. The van der Waals surface area contributed by atoms with Crippen LogP contribution in [0.1, 0.15) is 28.4 Å². The lowest BCUT2D eigenvalue weighted by atomic mass is 10.1. The van der Waals surface area contributed by atoms with Gasteiger partial charge in [0.2, 0.25) is 6.79 Å². The summed E-state index contributed by atoms with van der Waals surface area (Å²) >= 11 is 0. The topological polar surface area (TPSA) is 108 Å². The van der Waals surface area contributed by atoms with E-state index in [9.17, 15) is 18.0 Å². The monoisotopic (exact) mass is 419 g/mol. The lowest BCUT2D eigenvalue weighted by Gasteiger charge is -2.14. The fourth-order valence-electron chi connectivity index (χ4n) is 2.71. The number of nitrogens with one attached hydrogen (secondary N) is 1. The van der Waals surface area contributed by atoms with Gasteiger partial charge in [0.1, 0.15) is 0 Å². The average molecular weight is 419 g/mol. The third-order valence-electron chi connectivity index (χ3n) is 4.18. The largest absolute Gasteiger partial charge is 0.454 e. The van der Waals surface area contributed by atoms with Crippen LogP contribution in [0, 0.1) is 0 Å². The Morgan fingerprint density at radius 2 is 1.72 bits per heavy atom. The Morgan fingerprint density at radius 1 is 1.07 bits per heavy atom. The van der Waals surface area contributed by atoms with E-state index < -0.39 is 27.8 Å². The zero-order chi connectivity index (χ0) is 21.0. The minimum absolute atomic E-state index is 0.110. The molecule has 0 bridgehead atoms. The number of carbonyl (C=O) groups excluding carboxylic acids is 2. The van der Waals surface area contributed by atoms with Crippen molar-refractivity contribution in [2.75, 3.05) is 13.0 Å². The molecule has 1 heterocycles. The number of esters is 1. The highest BCUT2D eigenvalue weighted by molar-refractivity contribution is 7.89. The van der Waals surface area contributed by atoms with E-state index in [1.165, 1.54) is 19.1 Å². The van der Waals surface area contributed by atoms with Crippen molar-refractivity contribution in [3.8, 4) is 11.5 Å². The highest BCUT2D eigenvalue weighted by Gasteiger charge is 2.19. The quantitative estimate of drug-likeness (QED) is 0.682. The molecule has 0 spiro atoms. The summed E-state index contributed by atoms with van der Waals surface area (Å²) in [5.74, 6) is 0.0629. The van der Waals surface area contributed by atoms with Gasteiger partial charge in [-0.3, -0.25) is 4.79 Å². The standard InChI is InChI=1S/C20H21NO7S/c1-13(19(22)21-10-15-5-8-17-18(9-15)27-12-26-17)28-20(23)16-6-3-14(4-7-16)11-29(2,24)25/h3-9,13H,10-12H2,1-2H3,(H,21,22). The molecule has 1 N–H and O–H groups in total. The van der Waals surface area contributed by atoms with Crippen molar-refractivity contribution in [2.45, 2.75) is 25.3 Å². The van der Waals surface area contributed by atoms with E-state index in [0.29, 0.717) is 17.1 Å². The maximum atomic E-state index is 12.2. The Hall–Kier alpha value is -3.07. The smallest absolute Gasteiger partial charge is 0.338 e. The summed E-state index contributed by atoms with van der Waals surface area (Å²) in [6, 6.07) is 11.4. The Labute approximate surface area is 168 Å². The summed E-state index contributed by atoms with van der Waals surface area (Å²) in [5.41, 5.74) is 1.62. The molecular weight excluding hydrogens is 398 g/mol. The predicted octanol–water partition coefficient (Wildman–Crippen LogP) is 1.82. The molecule has 2 aromatic carbocycles. The molecule has 8 nitrogen and oxygen atoms in total. The van der Waals surface area contributed by atoms with Crippen LogP contribution in [0.5, 0.6) is 11.5 Å². The summed E-state index contributed by atoms with van der Waals surface area (Å²) < 4.78 is 38.3. The van der Waals surface area contributed by atoms with Gasteiger partial charge in [0.15, 0.2) is 27.4 Å². The van der Waals surface area contributed by atoms with E-state index in [1.54, 1.807) is 24.3 Å². The molecule has 1 amide bonds. The van der Waals surface area contributed by atoms with Crippen molar-refractivity contribution in [2.24, 2.45) is 0 Å². The molecule has 0 saturated heterocycles. The molecule has 154 valence electrons. The van der Waals surface area contributed by atoms with Gasteiger partial charge >= 0.3 is 5.97 Å². The zero-order valence-corrected chi connectivity index (χ0v) is 16.8. The van der Waals surface area contributed by atoms with Crippen molar-refractivity contribution in [3.05, 3.63) is 59.2 Å². The van der Waals surface area contributed by atoms with Gasteiger partial charge in [-0.2, -0.15) is 0 Å². The Bertz CT molecular complexity index is 1020. The highest BCUT2D eigenvalue weighted by atomic mass is 32.2. The molecule has 2 aromatic rings. The molecule has 0 aliphatic carbocycles. The number of fused-ring (bicyclic) bond motifs is 1. The lowest BCUT2D eigenvalue weighted by Crippen LogP contribution is -2.35. The number of ether oxygens (including phenoxy) is 3. The van der Waals surface area contributed by atoms with Gasteiger partial charge in [0, 0.05) is 12.8 Å². The molecule has 1 aliphatic rings. The van der Waals surface area contributed by atoms with E-state index in [0.717, 1.165) is 11.8 Å². The fraction of sp³-hybridized carbons (Fsp3) is 0.300. The summed E-state index contributed by atoms with van der Waals surface area (Å²) in [4.78, 5) is 24.4. The first-order chi connectivity index (χ1) is 13.7. The summed E-state index contributed by atoms with van der Waals surface area (Å²) in [6.07, 6.45) is 0.145. The number of hydrogen-bond acceptors (Lipinski definition) is 7. The van der Waals surface area contributed by atoms with Crippen LogP contribution in [0.2, 0.25) is 0 Å². The Balaban J connectivity index is 1.51. The molecule has 1 unspecified atom stereocenters. The van der Waals surface area contributed by atoms with Gasteiger partial charge in [-0.05, 0) is 42.3 Å². The molecule has 1 aliphatic heterocycles. The van der Waals surface area contributed by atoms with Crippen LogP contribution >= 0.6 is 0 Å². The van der Waals surface area contributed by atoms with E-state index >= 15 is 0 Å². The number of amides is 1. The first kappa shape index (κ1) is 20.7. The minimum atomic E-state index is -3.16. The van der Waals surface area contributed by atoms with E-state index in [4.69, 9.17) is 14.2 Å². The van der Waals surface area contributed by atoms with Crippen molar-refractivity contribution in [3.63, 3.8) is 0 Å². The Kier molecular flexibility index (Phi) is 6.07. The van der Waals surface area contributed by atoms with Crippen LogP contribution in [0.15, 0.2) is 42.5 Å². The van der Waals surface area contributed by atoms with Gasteiger partial charge in [-0.1, -0.05) is 18.2 Å². The van der Waals surface area contributed by atoms with Crippen molar-refractivity contribution < 1.29 is 32.2 Å². The molecule has 0 aromatic heterocycles. The SMILES string of the molecule is CC(OC(=O)c1ccc(CS(C)(=O)=O)cc1)C(=O)NCc1ccc2c(c1)OCO2. The van der Waals surface area contributed by atoms with Gasteiger partial charge in [-0.25, -0.2) is 13.2 Å².